The van der Waals surface area contributed by atoms with E-state index in [1.807, 2.05) is 0 Å². The van der Waals surface area contributed by atoms with E-state index >= 15 is 0 Å². The van der Waals surface area contributed by atoms with Crippen LogP contribution in [0, 0.1) is 17.0 Å². The lowest BCUT2D eigenvalue weighted by atomic mass is 10.0. The highest BCUT2D eigenvalue weighted by molar-refractivity contribution is 5.99. The normalized spacial score (nSPS) is 18.3. The highest BCUT2D eigenvalue weighted by atomic mass is 16.6. The molecule has 1 heterocycles. The van der Waals surface area contributed by atoms with Crippen LogP contribution >= 0.6 is 0 Å². The summed E-state index contributed by atoms with van der Waals surface area (Å²) in [5.74, 6) is -0.279. The first-order valence-corrected chi connectivity index (χ1v) is 6.24. The number of hydrogen-bond acceptors (Lipinski definition) is 4. The van der Waals surface area contributed by atoms with Crippen molar-refractivity contribution in [3.63, 3.8) is 0 Å². The standard InChI is InChI=1S/C13H17N3O3/c1-9-4-3-5-11(16(18)19)12(9)13(17)15(2)10-6-7-14-8-10/h3-5,10,14H,6-8H2,1-2H3. The number of nitro groups is 1. The molecule has 1 aromatic rings. The molecule has 1 aliphatic heterocycles. The summed E-state index contributed by atoms with van der Waals surface area (Å²) in [6.07, 6.45) is 0.877. The highest BCUT2D eigenvalue weighted by Crippen LogP contribution is 2.24. The van der Waals surface area contributed by atoms with Gasteiger partial charge in [-0.15, -0.1) is 0 Å². The molecule has 0 spiro atoms. The summed E-state index contributed by atoms with van der Waals surface area (Å²) in [6, 6.07) is 4.80. The fourth-order valence-corrected chi connectivity index (χ4v) is 2.39. The second kappa shape index (κ2) is 5.36. The van der Waals surface area contributed by atoms with E-state index in [1.54, 1.807) is 31.0 Å². The number of carbonyl (C=O) groups excluding carboxylic acids is 1. The lowest BCUT2D eigenvalue weighted by Crippen LogP contribution is -2.38. The van der Waals surface area contributed by atoms with Crippen molar-refractivity contribution in [3.8, 4) is 0 Å². The van der Waals surface area contributed by atoms with Gasteiger partial charge in [0.25, 0.3) is 11.6 Å². The molecule has 1 unspecified atom stereocenters. The van der Waals surface area contributed by atoms with Crippen LogP contribution in [0.2, 0.25) is 0 Å². The largest absolute Gasteiger partial charge is 0.337 e. The molecule has 2 rings (SSSR count). The van der Waals surface area contributed by atoms with Crippen LogP contribution < -0.4 is 5.32 Å². The van der Waals surface area contributed by atoms with Crippen molar-refractivity contribution < 1.29 is 9.72 Å². The van der Waals surface area contributed by atoms with Gasteiger partial charge < -0.3 is 10.2 Å². The maximum absolute atomic E-state index is 12.5. The molecule has 1 aromatic carbocycles. The lowest BCUT2D eigenvalue weighted by Gasteiger charge is -2.24. The number of benzene rings is 1. The second-order valence-electron chi connectivity index (χ2n) is 4.79. The fraction of sp³-hybridized carbons (Fsp3) is 0.462. The fourth-order valence-electron chi connectivity index (χ4n) is 2.39. The topological polar surface area (TPSA) is 75.5 Å². The average molecular weight is 263 g/mol. The van der Waals surface area contributed by atoms with Gasteiger partial charge in [0.2, 0.25) is 0 Å². The number of nitro benzene ring substituents is 1. The van der Waals surface area contributed by atoms with E-state index in [4.69, 9.17) is 0 Å². The quantitative estimate of drug-likeness (QED) is 0.659. The van der Waals surface area contributed by atoms with Crippen LogP contribution in [0.5, 0.6) is 0 Å². The number of hydrogen-bond donors (Lipinski definition) is 1. The monoisotopic (exact) mass is 263 g/mol. The van der Waals surface area contributed by atoms with Crippen LogP contribution in [0.1, 0.15) is 22.3 Å². The Morgan fingerprint density at radius 1 is 1.53 bits per heavy atom. The molecule has 1 saturated heterocycles. The van der Waals surface area contributed by atoms with Gasteiger partial charge in [0.05, 0.1) is 4.92 Å². The van der Waals surface area contributed by atoms with Crippen molar-refractivity contribution in [3.05, 3.63) is 39.4 Å². The Labute approximate surface area is 111 Å². The zero-order valence-corrected chi connectivity index (χ0v) is 11.0. The molecular formula is C13H17N3O3. The maximum atomic E-state index is 12.5. The van der Waals surface area contributed by atoms with E-state index in [1.165, 1.54) is 6.07 Å². The molecule has 1 aliphatic rings. The SMILES string of the molecule is Cc1cccc([N+](=O)[O-])c1C(=O)N(C)C1CCNC1. The average Bonchev–Trinajstić information content (AvgIpc) is 2.90. The maximum Gasteiger partial charge on any atom is 0.282 e. The molecule has 102 valence electrons. The molecule has 0 aromatic heterocycles. The molecule has 0 bridgehead atoms. The van der Waals surface area contributed by atoms with E-state index in [9.17, 15) is 14.9 Å². The number of nitrogens with zero attached hydrogens (tertiary/aromatic N) is 2. The number of likely N-dealkylation sites (N-methyl/N-ethyl adjacent to an activating group) is 1. The smallest absolute Gasteiger partial charge is 0.282 e. The van der Waals surface area contributed by atoms with Crippen molar-refractivity contribution >= 4 is 11.6 Å². The number of nitrogens with one attached hydrogen (secondary N) is 1. The Bertz CT molecular complexity index is 510. The summed E-state index contributed by atoms with van der Waals surface area (Å²) in [7, 11) is 1.70. The summed E-state index contributed by atoms with van der Waals surface area (Å²) in [6.45, 7) is 3.33. The predicted octanol–water partition coefficient (Wildman–Crippen LogP) is 1.34. The summed E-state index contributed by atoms with van der Waals surface area (Å²) < 4.78 is 0. The molecule has 6 heteroatoms. The van der Waals surface area contributed by atoms with E-state index in [0.717, 1.165) is 19.5 Å². The predicted molar refractivity (Wildman–Crippen MR) is 71.2 cm³/mol. The van der Waals surface area contributed by atoms with Gasteiger partial charge in [0.15, 0.2) is 0 Å². The van der Waals surface area contributed by atoms with Gasteiger partial charge in [0.1, 0.15) is 5.56 Å². The van der Waals surface area contributed by atoms with Crippen LogP contribution in [0.3, 0.4) is 0 Å². The van der Waals surface area contributed by atoms with Crippen molar-refractivity contribution in [1.82, 2.24) is 10.2 Å². The minimum absolute atomic E-state index is 0.103. The Kier molecular flexibility index (Phi) is 3.80. The lowest BCUT2D eigenvalue weighted by molar-refractivity contribution is -0.385. The van der Waals surface area contributed by atoms with Gasteiger partial charge >= 0.3 is 0 Å². The van der Waals surface area contributed by atoms with Crippen molar-refractivity contribution in [2.45, 2.75) is 19.4 Å². The third-order valence-electron chi connectivity index (χ3n) is 3.56. The number of rotatable bonds is 3. The summed E-state index contributed by atoms with van der Waals surface area (Å²) in [4.78, 5) is 24.6. The first-order valence-electron chi connectivity index (χ1n) is 6.24. The molecule has 1 atom stereocenters. The van der Waals surface area contributed by atoms with Crippen molar-refractivity contribution in [2.24, 2.45) is 0 Å². The Morgan fingerprint density at radius 3 is 2.84 bits per heavy atom. The minimum atomic E-state index is -0.499. The molecule has 1 amide bonds. The van der Waals surface area contributed by atoms with Gasteiger partial charge in [-0.05, 0) is 25.5 Å². The molecule has 0 saturated carbocycles. The van der Waals surface area contributed by atoms with Crippen LogP contribution in [0.4, 0.5) is 5.69 Å². The molecule has 0 radical (unpaired) electrons. The molecule has 1 N–H and O–H groups in total. The number of carbonyl (C=O) groups is 1. The first kappa shape index (κ1) is 13.5. The number of aryl methyl sites for hydroxylation is 1. The summed E-state index contributed by atoms with van der Waals surface area (Å²) in [5, 5.41) is 14.2. The van der Waals surface area contributed by atoms with E-state index in [-0.39, 0.29) is 23.2 Å². The van der Waals surface area contributed by atoms with Gasteiger partial charge in [-0.1, -0.05) is 12.1 Å². The Balaban J connectivity index is 2.35. The first-order chi connectivity index (χ1) is 9.02. The summed E-state index contributed by atoms with van der Waals surface area (Å²) >= 11 is 0. The second-order valence-corrected chi connectivity index (χ2v) is 4.79. The molecular weight excluding hydrogens is 246 g/mol. The zero-order chi connectivity index (χ0) is 14.0. The van der Waals surface area contributed by atoms with E-state index < -0.39 is 4.92 Å². The van der Waals surface area contributed by atoms with Crippen molar-refractivity contribution in [1.29, 1.82) is 0 Å². The van der Waals surface area contributed by atoms with E-state index in [2.05, 4.69) is 5.32 Å². The van der Waals surface area contributed by atoms with E-state index in [0.29, 0.717) is 5.56 Å². The molecule has 1 fully saturated rings. The Hall–Kier alpha value is -1.95. The Morgan fingerprint density at radius 2 is 2.26 bits per heavy atom. The molecule has 0 aliphatic carbocycles. The molecule has 6 nitrogen and oxygen atoms in total. The van der Waals surface area contributed by atoms with Gasteiger partial charge in [0, 0.05) is 25.7 Å². The van der Waals surface area contributed by atoms with Crippen LogP contribution in [0.15, 0.2) is 18.2 Å². The zero-order valence-electron chi connectivity index (χ0n) is 11.0. The van der Waals surface area contributed by atoms with Gasteiger partial charge in [-0.3, -0.25) is 14.9 Å². The number of amides is 1. The summed E-state index contributed by atoms with van der Waals surface area (Å²) in [5.41, 5.74) is 0.710. The highest BCUT2D eigenvalue weighted by Gasteiger charge is 2.29. The van der Waals surface area contributed by atoms with Crippen LogP contribution in [-0.4, -0.2) is 41.9 Å². The van der Waals surface area contributed by atoms with Gasteiger partial charge in [-0.25, -0.2) is 0 Å². The van der Waals surface area contributed by atoms with Crippen LogP contribution in [-0.2, 0) is 0 Å². The molecule has 19 heavy (non-hydrogen) atoms. The third kappa shape index (κ3) is 2.58. The third-order valence-corrected chi connectivity index (χ3v) is 3.56. The van der Waals surface area contributed by atoms with Crippen LogP contribution in [0.25, 0.3) is 0 Å². The minimum Gasteiger partial charge on any atom is -0.337 e. The van der Waals surface area contributed by atoms with Crippen molar-refractivity contribution in [2.75, 3.05) is 20.1 Å². The van der Waals surface area contributed by atoms with Gasteiger partial charge in [-0.2, -0.15) is 0 Å².